The van der Waals surface area contributed by atoms with Gasteiger partial charge in [-0.25, -0.2) is 0 Å². The average molecular weight is 237 g/mol. The number of halogens is 1. The van der Waals surface area contributed by atoms with E-state index in [0.29, 0.717) is 5.41 Å². The van der Waals surface area contributed by atoms with Gasteiger partial charge < -0.3 is 0 Å². The molecule has 1 aliphatic carbocycles. The molecule has 1 fully saturated rings. The summed E-state index contributed by atoms with van der Waals surface area (Å²) >= 11 is 5.66. The Morgan fingerprint density at radius 3 is 2.36 bits per heavy atom. The quantitative estimate of drug-likeness (QED) is 0.674. The molecule has 66 valence electrons. The van der Waals surface area contributed by atoms with E-state index in [9.17, 15) is 0 Å². The number of thioether (sulfide) groups is 1. The lowest BCUT2D eigenvalue weighted by Crippen LogP contribution is -2.28. The third kappa shape index (κ3) is 2.66. The molecule has 0 aromatic rings. The second kappa shape index (κ2) is 4.76. The zero-order chi connectivity index (χ0) is 8.16. The van der Waals surface area contributed by atoms with Crippen LogP contribution >= 0.6 is 27.7 Å². The molecule has 0 aliphatic heterocycles. The van der Waals surface area contributed by atoms with Crippen LogP contribution < -0.4 is 0 Å². The van der Waals surface area contributed by atoms with E-state index in [1.54, 1.807) is 0 Å². The largest absolute Gasteiger partial charge is 0.165 e. The minimum atomic E-state index is 0.650. The van der Waals surface area contributed by atoms with E-state index in [0.717, 1.165) is 0 Å². The number of alkyl halides is 1. The molecule has 0 saturated heterocycles. The Hall–Kier alpha value is 0.830. The van der Waals surface area contributed by atoms with Gasteiger partial charge in [0.2, 0.25) is 0 Å². The van der Waals surface area contributed by atoms with Crippen LogP contribution in [-0.2, 0) is 0 Å². The fourth-order valence-electron chi connectivity index (χ4n) is 1.92. The summed E-state index contributed by atoms with van der Waals surface area (Å²) in [5.41, 5.74) is 0.650. The van der Waals surface area contributed by atoms with Crippen molar-refractivity contribution in [3.8, 4) is 0 Å². The van der Waals surface area contributed by atoms with Crippen LogP contribution in [0.5, 0.6) is 0 Å². The van der Waals surface area contributed by atoms with Gasteiger partial charge in [-0.2, -0.15) is 11.8 Å². The van der Waals surface area contributed by atoms with Gasteiger partial charge in [0.25, 0.3) is 0 Å². The van der Waals surface area contributed by atoms with Crippen molar-refractivity contribution >= 4 is 27.7 Å². The van der Waals surface area contributed by atoms with Crippen molar-refractivity contribution < 1.29 is 0 Å². The third-order valence-electron chi connectivity index (χ3n) is 2.65. The van der Waals surface area contributed by atoms with E-state index in [2.05, 4.69) is 22.2 Å². The first kappa shape index (κ1) is 9.91. The van der Waals surface area contributed by atoms with Gasteiger partial charge >= 0.3 is 0 Å². The summed E-state index contributed by atoms with van der Waals surface area (Å²) in [7, 11) is 0. The summed E-state index contributed by atoms with van der Waals surface area (Å²) in [6.07, 6.45) is 9.47. The molecule has 1 aliphatic rings. The highest BCUT2D eigenvalue weighted by Crippen LogP contribution is 2.39. The Balaban J connectivity index is 2.42. The summed E-state index contributed by atoms with van der Waals surface area (Å²) in [5, 5.41) is 1.21. The van der Waals surface area contributed by atoms with Gasteiger partial charge in [0, 0.05) is 5.33 Å². The molecule has 0 spiro atoms. The molecule has 11 heavy (non-hydrogen) atoms. The summed E-state index contributed by atoms with van der Waals surface area (Å²) in [4.78, 5) is 0. The molecule has 0 unspecified atom stereocenters. The lowest BCUT2D eigenvalue weighted by Gasteiger charge is -2.35. The van der Waals surface area contributed by atoms with E-state index in [-0.39, 0.29) is 0 Å². The van der Waals surface area contributed by atoms with Gasteiger partial charge in [-0.15, -0.1) is 0 Å². The first-order chi connectivity index (χ1) is 5.33. The van der Waals surface area contributed by atoms with Crippen molar-refractivity contribution in [2.75, 3.05) is 17.3 Å². The molecule has 2 heteroatoms. The number of hydrogen-bond acceptors (Lipinski definition) is 1. The SMILES string of the molecule is CSCC1(CBr)CCCCC1. The normalized spacial score (nSPS) is 23.5. The van der Waals surface area contributed by atoms with E-state index in [1.807, 2.05) is 11.8 Å². The molecule has 1 rings (SSSR count). The summed E-state index contributed by atoms with van der Waals surface area (Å²) in [6.45, 7) is 0. The molecule has 0 heterocycles. The fraction of sp³-hybridized carbons (Fsp3) is 1.00. The van der Waals surface area contributed by atoms with Crippen LogP contribution in [0.3, 0.4) is 0 Å². The number of hydrogen-bond donors (Lipinski definition) is 0. The van der Waals surface area contributed by atoms with E-state index >= 15 is 0 Å². The Morgan fingerprint density at radius 1 is 1.27 bits per heavy atom. The van der Waals surface area contributed by atoms with Crippen LogP contribution in [0.4, 0.5) is 0 Å². The van der Waals surface area contributed by atoms with Crippen LogP contribution in [-0.4, -0.2) is 17.3 Å². The molecule has 0 amide bonds. The van der Waals surface area contributed by atoms with E-state index in [1.165, 1.54) is 43.2 Å². The molecule has 1 saturated carbocycles. The second-order valence-corrected chi connectivity index (χ2v) is 5.05. The van der Waals surface area contributed by atoms with Gasteiger partial charge in [0.15, 0.2) is 0 Å². The van der Waals surface area contributed by atoms with Crippen molar-refractivity contribution in [2.45, 2.75) is 32.1 Å². The second-order valence-electron chi connectivity index (χ2n) is 3.63. The zero-order valence-corrected chi connectivity index (χ0v) is 9.64. The van der Waals surface area contributed by atoms with Crippen molar-refractivity contribution in [2.24, 2.45) is 5.41 Å². The molecular formula is C9H17BrS. The fourth-order valence-corrected chi connectivity index (χ4v) is 3.95. The van der Waals surface area contributed by atoms with Crippen LogP contribution in [0.2, 0.25) is 0 Å². The van der Waals surface area contributed by atoms with Crippen molar-refractivity contribution in [1.29, 1.82) is 0 Å². The molecule has 0 radical (unpaired) electrons. The van der Waals surface area contributed by atoms with Gasteiger partial charge in [-0.05, 0) is 30.3 Å². The number of rotatable bonds is 3. The van der Waals surface area contributed by atoms with Gasteiger partial charge in [0.05, 0.1) is 0 Å². The minimum Gasteiger partial charge on any atom is -0.165 e. The molecule has 0 aromatic carbocycles. The lowest BCUT2D eigenvalue weighted by molar-refractivity contribution is 0.260. The zero-order valence-electron chi connectivity index (χ0n) is 7.24. The van der Waals surface area contributed by atoms with Crippen molar-refractivity contribution in [3.05, 3.63) is 0 Å². The Bertz CT molecular complexity index is 103. The van der Waals surface area contributed by atoms with E-state index in [4.69, 9.17) is 0 Å². The average Bonchev–Trinajstić information content (AvgIpc) is 2.07. The molecular weight excluding hydrogens is 220 g/mol. The van der Waals surface area contributed by atoms with Crippen LogP contribution in [0, 0.1) is 5.41 Å². The van der Waals surface area contributed by atoms with Gasteiger partial charge in [-0.1, -0.05) is 35.2 Å². The van der Waals surface area contributed by atoms with Crippen LogP contribution in [0.25, 0.3) is 0 Å². The van der Waals surface area contributed by atoms with Gasteiger partial charge in [0.1, 0.15) is 0 Å². The summed E-state index contributed by atoms with van der Waals surface area (Å²) in [5.74, 6) is 1.35. The Labute approximate surface area is 82.6 Å². The highest BCUT2D eigenvalue weighted by Gasteiger charge is 2.29. The Morgan fingerprint density at radius 2 is 1.91 bits per heavy atom. The van der Waals surface area contributed by atoms with Crippen molar-refractivity contribution in [1.82, 2.24) is 0 Å². The summed E-state index contributed by atoms with van der Waals surface area (Å²) in [6, 6.07) is 0. The Kier molecular flexibility index (Phi) is 4.29. The first-order valence-electron chi connectivity index (χ1n) is 4.38. The van der Waals surface area contributed by atoms with Crippen LogP contribution in [0.1, 0.15) is 32.1 Å². The standard InChI is InChI=1S/C9H17BrS/c1-11-8-9(7-10)5-3-2-4-6-9/h2-8H2,1H3. The molecule has 0 aromatic heterocycles. The first-order valence-corrected chi connectivity index (χ1v) is 6.89. The molecule has 0 N–H and O–H groups in total. The van der Waals surface area contributed by atoms with E-state index < -0.39 is 0 Å². The highest BCUT2D eigenvalue weighted by molar-refractivity contribution is 9.09. The predicted molar refractivity (Wildman–Crippen MR) is 57.7 cm³/mol. The topological polar surface area (TPSA) is 0 Å². The molecule has 0 nitrogen and oxygen atoms in total. The molecule has 0 bridgehead atoms. The van der Waals surface area contributed by atoms with Crippen molar-refractivity contribution in [3.63, 3.8) is 0 Å². The summed E-state index contributed by atoms with van der Waals surface area (Å²) < 4.78 is 0. The lowest BCUT2D eigenvalue weighted by atomic mass is 9.77. The van der Waals surface area contributed by atoms with Crippen LogP contribution in [0.15, 0.2) is 0 Å². The maximum absolute atomic E-state index is 3.66. The van der Waals surface area contributed by atoms with Gasteiger partial charge in [-0.3, -0.25) is 0 Å². The smallest absolute Gasteiger partial charge is 0.00958 e. The minimum absolute atomic E-state index is 0.650. The highest BCUT2D eigenvalue weighted by atomic mass is 79.9. The monoisotopic (exact) mass is 236 g/mol. The molecule has 0 atom stereocenters. The maximum atomic E-state index is 3.66. The maximum Gasteiger partial charge on any atom is 0.00958 e. The third-order valence-corrected chi connectivity index (χ3v) is 4.74. The predicted octanol–water partition coefficient (Wildman–Crippen LogP) is 3.69.